The second-order valence-electron chi connectivity index (χ2n) is 3.56. The Bertz CT molecular complexity index is 532. The average molecular weight is 235 g/mol. The number of hydrogen-bond donors (Lipinski definition) is 1. The van der Waals surface area contributed by atoms with E-state index in [4.69, 9.17) is 10.5 Å². The number of halogens is 2. The Hall–Kier alpha value is -2.10. The standard InChI is InChI=1S/C13H11F2NO/c1-17-12-5-3-2-4-9(12)8-6-10(14)13(15)11(16)7-8/h2-7H,16H2,1H3. The predicted molar refractivity (Wildman–Crippen MR) is 62.8 cm³/mol. The summed E-state index contributed by atoms with van der Waals surface area (Å²) in [4.78, 5) is 0. The van der Waals surface area contributed by atoms with Gasteiger partial charge in [-0.25, -0.2) is 8.78 Å². The number of nitrogen functional groups attached to an aromatic ring is 1. The van der Waals surface area contributed by atoms with E-state index in [-0.39, 0.29) is 5.69 Å². The van der Waals surface area contributed by atoms with Crippen LogP contribution in [0.15, 0.2) is 36.4 Å². The molecule has 2 rings (SSSR count). The molecular weight excluding hydrogens is 224 g/mol. The molecule has 0 saturated carbocycles. The molecule has 0 fully saturated rings. The number of anilines is 1. The smallest absolute Gasteiger partial charge is 0.181 e. The molecule has 17 heavy (non-hydrogen) atoms. The number of methoxy groups -OCH3 is 1. The molecule has 0 bridgehead atoms. The van der Waals surface area contributed by atoms with Crippen molar-refractivity contribution in [2.75, 3.05) is 12.8 Å². The summed E-state index contributed by atoms with van der Waals surface area (Å²) in [5, 5.41) is 0. The summed E-state index contributed by atoms with van der Waals surface area (Å²) < 4.78 is 31.5. The summed E-state index contributed by atoms with van der Waals surface area (Å²) in [6.45, 7) is 0. The van der Waals surface area contributed by atoms with Crippen LogP contribution in [0.25, 0.3) is 11.1 Å². The number of hydrogen-bond acceptors (Lipinski definition) is 2. The molecule has 0 radical (unpaired) electrons. The van der Waals surface area contributed by atoms with Gasteiger partial charge in [0.05, 0.1) is 12.8 Å². The second kappa shape index (κ2) is 4.41. The van der Waals surface area contributed by atoms with Gasteiger partial charge < -0.3 is 10.5 Å². The highest BCUT2D eigenvalue weighted by Gasteiger charge is 2.11. The third-order valence-electron chi connectivity index (χ3n) is 2.47. The van der Waals surface area contributed by atoms with Gasteiger partial charge in [0.25, 0.3) is 0 Å². The van der Waals surface area contributed by atoms with Crippen LogP contribution in [0.4, 0.5) is 14.5 Å². The highest BCUT2D eigenvalue weighted by atomic mass is 19.2. The van der Waals surface area contributed by atoms with E-state index < -0.39 is 11.6 Å². The van der Waals surface area contributed by atoms with Crippen LogP contribution in [0, 0.1) is 11.6 Å². The molecule has 0 saturated heterocycles. The van der Waals surface area contributed by atoms with Crippen molar-refractivity contribution >= 4 is 5.69 Å². The van der Waals surface area contributed by atoms with Crippen LogP contribution in [0.1, 0.15) is 0 Å². The Morgan fingerprint density at radius 1 is 1.12 bits per heavy atom. The molecule has 0 unspecified atom stereocenters. The molecule has 2 nitrogen and oxygen atoms in total. The zero-order valence-electron chi connectivity index (χ0n) is 9.21. The highest BCUT2D eigenvalue weighted by molar-refractivity contribution is 5.73. The molecule has 0 heterocycles. The lowest BCUT2D eigenvalue weighted by molar-refractivity contribution is 0.416. The third kappa shape index (κ3) is 2.06. The Balaban J connectivity index is 2.61. The van der Waals surface area contributed by atoms with Crippen molar-refractivity contribution in [3.63, 3.8) is 0 Å². The number of benzene rings is 2. The van der Waals surface area contributed by atoms with Gasteiger partial charge in [0.15, 0.2) is 11.6 Å². The van der Waals surface area contributed by atoms with Gasteiger partial charge in [0.2, 0.25) is 0 Å². The average Bonchev–Trinajstić information content (AvgIpc) is 2.35. The van der Waals surface area contributed by atoms with Gasteiger partial charge in [0, 0.05) is 5.56 Å². The molecule has 0 aliphatic heterocycles. The van der Waals surface area contributed by atoms with Crippen LogP contribution in [0.5, 0.6) is 5.75 Å². The molecule has 0 aliphatic carbocycles. The maximum absolute atomic E-state index is 13.3. The first kappa shape index (κ1) is 11.4. The van der Waals surface area contributed by atoms with Crippen molar-refractivity contribution in [3.05, 3.63) is 48.0 Å². The van der Waals surface area contributed by atoms with E-state index in [1.165, 1.54) is 13.2 Å². The molecule has 0 atom stereocenters. The lowest BCUT2D eigenvalue weighted by atomic mass is 10.0. The summed E-state index contributed by atoms with van der Waals surface area (Å²) in [5.74, 6) is -1.41. The van der Waals surface area contributed by atoms with E-state index in [0.717, 1.165) is 6.07 Å². The Morgan fingerprint density at radius 2 is 1.82 bits per heavy atom. The first-order chi connectivity index (χ1) is 8.13. The van der Waals surface area contributed by atoms with Gasteiger partial charge in [-0.3, -0.25) is 0 Å². The monoisotopic (exact) mass is 235 g/mol. The minimum atomic E-state index is -1.02. The van der Waals surface area contributed by atoms with E-state index in [0.29, 0.717) is 16.9 Å². The fraction of sp³-hybridized carbons (Fsp3) is 0.0769. The predicted octanol–water partition coefficient (Wildman–Crippen LogP) is 3.22. The zero-order chi connectivity index (χ0) is 12.4. The van der Waals surface area contributed by atoms with Crippen LogP contribution < -0.4 is 10.5 Å². The molecule has 0 spiro atoms. The van der Waals surface area contributed by atoms with Crippen LogP contribution in [-0.4, -0.2) is 7.11 Å². The van der Waals surface area contributed by atoms with E-state index >= 15 is 0 Å². The number of nitrogens with two attached hydrogens (primary N) is 1. The number of rotatable bonds is 2. The zero-order valence-corrected chi connectivity index (χ0v) is 9.21. The van der Waals surface area contributed by atoms with E-state index in [9.17, 15) is 8.78 Å². The summed E-state index contributed by atoms with van der Waals surface area (Å²) in [6.07, 6.45) is 0. The van der Waals surface area contributed by atoms with Crippen molar-refractivity contribution in [1.29, 1.82) is 0 Å². The molecule has 0 aromatic heterocycles. The molecule has 88 valence electrons. The molecular formula is C13H11F2NO. The molecule has 0 aliphatic rings. The lowest BCUT2D eigenvalue weighted by Gasteiger charge is -2.09. The van der Waals surface area contributed by atoms with Crippen molar-refractivity contribution in [1.82, 2.24) is 0 Å². The van der Waals surface area contributed by atoms with Gasteiger partial charge in [-0.15, -0.1) is 0 Å². The third-order valence-corrected chi connectivity index (χ3v) is 2.47. The minimum absolute atomic E-state index is 0.217. The quantitative estimate of drug-likeness (QED) is 0.811. The fourth-order valence-corrected chi connectivity index (χ4v) is 1.65. The Morgan fingerprint density at radius 3 is 2.47 bits per heavy atom. The summed E-state index contributed by atoms with van der Waals surface area (Å²) in [7, 11) is 1.52. The number of para-hydroxylation sites is 1. The van der Waals surface area contributed by atoms with Gasteiger partial charge in [0.1, 0.15) is 5.75 Å². The normalized spacial score (nSPS) is 10.3. The lowest BCUT2D eigenvalue weighted by Crippen LogP contribution is -1.96. The number of ether oxygens (including phenoxy) is 1. The topological polar surface area (TPSA) is 35.2 Å². The Labute approximate surface area is 97.6 Å². The van der Waals surface area contributed by atoms with Crippen LogP contribution in [-0.2, 0) is 0 Å². The van der Waals surface area contributed by atoms with E-state index in [2.05, 4.69) is 0 Å². The second-order valence-corrected chi connectivity index (χ2v) is 3.56. The van der Waals surface area contributed by atoms with Crippen LogP contribution >= 0.6 is 0 Å². The maximum atomic E-state index is 13.3. The summed E-state index contributed by atoms with van der Waals surface area (Å²) in [6, 6.07) is 9.57. The minimum Gasteiger partial charge on any atom is -0.496 e. The molecule has 4 heteroatoms. The molecule has 0 amide bonds. The van der Waals surface area contributed by atoms with Crippen LogP contribution in [0.3, 0.4) is 0 Å². The maximum Gasteiger partial charge on any atom is 0.181 e. The van der Waals surface area contributed by atoms with Crippen molar-refractivity contribution in [3.8, 4) is 16.9 Å². The van der Waals surface area contributed by atoms with Crippen molar-refractivity contribution in [2.45, 2.75) is 0 Å². The first-order valence-corrected chi connectivity index (χ1v) is 5.01. The molecule has 2 aromatic rings. The van der Waals surface area contributed by atoms with Crippen molar-refractivity contribution < 1.29 is 13.5 Å². The fourth-order valence-electron chi connectivity index (χ4n) is 1.65. The van der Waals surface area contributed by atoms with E-state index in [1.54, 1.807) is 24.3 Å². The van der Waals surface area contributed by atoms with Gasteiger partial charge in [-0.05, 0) is 23.8 Å². The van der Waals surface area contributed by atoms with Crippen molar-refractivity contribution in [2.24, 2.45) is 0 Å². The van der Waals surface area contributed by atoms with E-state index in [1.807, 2.05) is 0 Å². The van der Waals surface area contributed by atoms with Gasteiger partial charge in [-0.2, -0.15) is 0 Å². The molecule has 2 aromatic carbocycles. The van der Waals surface area contributed by atoms with Gasteiger partial charge in [-0.1, -0.05) is 18.2 Å². The SMILES string of the molecule is COc1ccccc1-c1cc(N)c(F)c(F)c1. The largest absolute Gasteiger partial charge is 0.496 e. The summed E-state index contributed by atoms with van der Waals surface area (Å²) >= 11 is 0. The van der Waals surface area contributed by atoms with Gasteiger partial charge >= 0.3 is 0 Å². The molecule has 2 N–H and O–H groups in total. The Kier molecular flexibility index (Phi) is 2.95. The highest BCUT2D eigenvalue weighted by Crippen LogP contribution is 2.32. The van der Waals surface area contributed by atoms with Crippen LogP contribution in [0.2, 0.25) is 0 Å². The summed E-state index contributed by atoms with van der Waals surface area (Å²) in [5.41, 5.74) is 6.33. The first-order valence-electron chi connectivity index (χ1n) is 5.01.